The molecule has 78 valence electrons. The molecule has 0 radical (unpaired) electrons. The Morgan fingerprint density at radius 3 is 2.79 bits per heavy atom. The van der Waals surface area contributed by atoms with Crippen LogP contribution in [0, 0.1) is 12.7 Å². The van der Waals surface area contributed by atoms with Crippen LogP contribution >= 0.6 is 0 Å². The first-order chi connectivity index (χ1) is 6.74. The Balaban J connectivity index is 2.42. The van der Waals surface area contributed by atoms with E-state index in [9.17, 15) is 4.39 Å². The van der Waals surface area contributed by atoms with Crippen LogP contribution in [0.15, 0.2) is 18.2 Å². The van der Waals surface area contributed by atoms with E-state index in [4.69, 9.17) is 10.5 Å². The predicted octanol–water partition coefficient (Wildman–Crippen LogP) is 2.25. The molecule has 0 saturated heterocycles. The first kappa shape index (κ1) is 11.0. The van der Waals surface area contributed by atoms with E-state index < -0.39 is 0 Å². The van der Waals surface area contributed by atoms with Crippen molar-refractivity contribution in [3.63, 3.8) is 0 Å². The summed E-state index contributed by atoms with van der Waals surface area (Å²) in [6.45, 7) is 3.16. The Labute approximate surface area is 83.9 Å². The van der Waals surface area contributed by atoms with Crippen molar-refractivity contribution in [2.45, 2.75) is 19.8 Å². The zero-order valence-corrected chi connectivity index (χ0v) is 8.42. The fourth-order valence-corrected chi connectivity index (χ4v) is 1.20. The molecule has 0 spiro atoms. The number of hydrogen-bond donors (Lipinski definition) is 1. The Kier molecular flexibility index (Phi) is 4.40. The molecule has 1 aromatic carbocycles. The van der Waals surface area contributed by atoms with E-state index in [0.717, 1.165) is 24.2 Å². The van der Waals surface area contributed by atoms with Crippen molar-refractivity contribution in [2.24, 2.45) is 5.73 Å². The maximum Gasteiger partial charge on any atom is 0.123 e. The van der Waals surface area contributed by atoms with Crippen molar-refractivity contribution in [3.8, 4) is 5.75 Å². The summed E-state index contributed by atoms with van der Waals surface area (Å²) in [5, 5.41) is 0. The van der Waals surface area contributed by atoms with Crippen LogP contribution in [0.1, 0.15) is 18.4 Å². The molecule has 2 N–H and O–H groups in total. The molecule has 0 amide bonds. The van der Waals surface area contributed by atoms with Gasteiger partial charge in [0.15, 0.2) is 0 Å². The second kappa shape index (κ2) is 5.60. The molecule has 0 heterocycles. The summed E-state index contributed by atoms with van der Waals surface area (Å²) < 4.78 is 18.2. The van der Waals surface area contributed by atoms with Gasteiger partial charge >= 0.3 is 0 Å². The lowest BCUT2D eigenvalue weighted by Crippen LogP contribution is -2.04. The minimum atomic E-state index is -0.225. The van der Waals surface area contributed by atoms with E-state index in [2.05, 4.69) is 0 Å². The molecular weight excluding hydrogens is 181 g/mol. The van der Waals surface area contributed by atoms with Crippen LogP contribution in [-0.2, 0) is 0 Å². The lowest BCUT2D eigenvalue weighted by Gasteiger charge is -2.08. The van der Waals surface area contributed by atoms with Crippen molar-refractivity contribution in [1.29, 1.82) is 0 Å². The summed E-state index contributed by atoms with van der Waals surface area (Å²) in [4.78, 5) is 0. The molecule has 0 aliphatic carbocycles. The third-order valence-corrected chi connectivity index (χ3v) is 1.99. The van der Waals surface area contributed by atoms with Crippen molar-refractivity contribution < 1.29 is 9.13 Å². The number of rotatable bonds is 5. The maximum atomic E-state index is 12.7. The molecule has 0 unspecified atom stereocenters. The van der Waals surface area contributed by atoms with Gasteiger partial charge in [0, 0.05) is 0 Å². The van der Waals surface area contributed by atoms with Gasteiger partial charge in [-0.25, -0.2) is 4.39 Å². The average Bonchev–Trinajstić information content (AvgIpc) is 2.15. The number of halogens is 1. The summed E-state index contributed by atoms with van der Waals surface area (Å²) in [6, 6.07) is 4.54. The highest BCUT2D eigenvalue weighted by molar-refractivity contribution is 5.32. The average molecular weight is 197 g/mol. The highest BCUT2D eigenvalue weighted by atomic mass is 19.1. The molecule has 0 bridgehead atoms. The summed E-state index contributed by atoms with van der Waals surface area (Å²) in [6.07, 6.45) is 1.90. The van der Waals surface area contributed by atoms with Gasteiger partial charge in [-0.15, -0.1) is 0 Å². The van der Waals surface area contributed by atoms with Gasteiger partial charge in [0.25, 0.3) is 0 Å². The lowest BCUT2D eigenvalue weighted by atomic mass is 10.2. The highest BCUT2D eigenvalue weighted by Crippen LogP contribution is 2.18. The Hall–Kier alpha value is -1.09. The van der Waals surface area contributed by atoms with Crippen molar-refractivity contribution >= 4 is 0 Å². The fraction of sp³-hybridized carbons (Fsp3) is 0.455. The minimum absolute atomic E-state index is 0.225. The Morgan fingerprint density at radius 2 is 2.14 bits per heavy atom. The summed E-state index contributed by atoms with van der Waals surface area (Å²) in [5.74, 6) is 0.528. The third-order valence-electron chi connectivity index (χ3n) is 1.99. The number of aryl methyl sites for hydroxylation is 1. The van der Waals surface area contributed by atoms with Crippen molar-refractivity contribution in [1.82, 2.24) is 0 Å². The molecule has 0 fully saturated rings. The standard InChI is InChI=1S/C11H16FNO/c1-9-8-10(12)4-5-11(9)14-7-3-2-6-13/h4-5,8H,2-3,6-7,13H2,1H3. The topological polar surface area (TPSA) is 35.2 Å². The first-order valence-electron chi connectivity index (χ1n) is 4.83. The SMILES string of the molecule is Cc1cc(F)ccc1OCCCCN. The molecule has 0 aliphatic rings. The van der Waals surface area contributed by atoms with E-state index in [0.29, 0.717) is 13.2 Å². The molecule has 2 nitrogen and oxygen atoms in total. The molecule has 14 heavy (non-hydrogen) atoms. The highest BCUT2D eigenvalue weighted by Gasteiger charge is 2.00. The predicted molar refractivity (Wildman–Crippen MR) is 54.9 cm³/mol. The van der Waals surface area contributed by atoms with E-state index in [1.54, 1.807) is 6.07 Å². The van der Waals surface area contributed by atoms with Gasteiger partial charge in [0.2, 0.25) is 0 Å². The molecule has 0 atom stereocenters. The number of hydrogen-bond acceptors (Lipinski definition) is 2. The number of ether oxygens (including phenoxy) is 1. The zero-order valence-electron chi connectivity index (χ0n) is 8.42. The van der Waals surface area contributed by atoms with Gasteiger partial charge in [0.05, 0.1) is 6.61 Å². The van der Waals surface area contributed by atoms with E-state index in [-0.39, 0.29) is 5.82 Å². The Morgan fingerprint density at radius 1 is 1.36 bits per heavy atom. The normalized spacial score (nSPS) is 10.2. The van der Waals surface area contributed by atoms with Crippen LogP contribution < -0.4 is 10.5 Å². The maximum absolute atomic E-state index is 12.7. The summed E-state index contributed by atoms with van der Waals surface area (Å²) in [5.41, 5.74) is 6.18. The van der Waals surface area contributed by atoms with Crippen LogP contribution in [0.3, 0.4) is 0 Å². The smallest absolute Gasteiger partial charge is 0.123 e. The Bertz CT molecular complexity index is 289. The van der Waals surface area contributed by atoms with E-state index in [1.165, 1.54) is 12.1 Å². The molecule has 1 aromatic rings. The van der Waals surface area contributed by atoms with Gasteiger partial charge in [-0.05, 0) is 50.1 Å². The van der Waals surface area contributed by atoms with Crippen LogP contribution in [0.2, 0.25) is 0 Å². The van der Waals surface area contributed by atoms with Gasteiger partial charge < -0.3 is 10.5 Å². The molecule has 3 heteroatoms. The summed E-state index contributed by atoms with van der Waals surface area (Å²) >= 11 is 0. The number of nitrogens with two attached hydrogens (primary N) is 1. The largest absolute Gasteiger partial charge is 0.493 e. The van der Waals surface area contributed by atoms with Crippen molar-refractivity contribution in [2.75, 3.05) is 13.2 Å². The van der Waals surface area contributed by atoms with E-state index >= 15 is 0 Å². The second-order valence-electron chi connectivity index (χ2n) is 3.25. The monoisotopic (exact) mass is 197 g/mol. The van der Waals surface area contributed by atoms with Crippen molar-refractivity contribution in [3.05, 3.63) is 29.6 Å². The van der Waals surface area contributed by atoms with E-state index in [1.807, 2.05) is 6.92 Å². The molecule has 0 aliphatic heterocycles. The summed E-state index contributed by atoms with van der Waals surface area (Å²) in [7, 11) is 0. The lowest BCUT2D eigenvalue weighted by molar-refractivity contribution is 0.305. The zero-order chi connectivity index (χ0) is 10.4. The third kappa shape index (κ3) is 3.34. The molecule has 1 rings (SSSR count). The van der Waals surface area contributed by atoms with Gasteiger partial charge in [-0.3, -0.25) is 0 Å². The quantitative estimate of drug-likeness (QED) is 0.735. The van der Waals surface area contributed by atoms with Crippen LogP contribution in [0.4, 0.5) is 4.39 Å². The molecular formula is C11H16FNO. The number of unbranched alkanes of at least 4 members (excludes halogenated alkanes) is 1. The van der Waals surface area contributed by atoms with Gasteiger partial charge in [-0.1, -0.05) is 0 Å². The van der Waals surface area contributed by atoms with Crippen LogP contribution in [-0.4, -0.2) is 13.2 Å². The minimum Gasteiger partial charge on any atom is -0.493 e. The molecule has 0 saturated carbocycles. The van der Waals surface area contributed by atoms with Crippen LogP contribution in [0.25, 0.3) is 0 Å². The van der Waals surface area contributed by atoms with Gasteiger partial charge in [0.1, 0.15) is 11.6 Å². The van der Waals surface area contributed by atoms with Crippen LogP contribution in [0.5, 0.6) is 5.75 Å². The first-order valence-corrected chi connectivity index (χ1v) is 4.83. The van der Waals surface area contributed by atoms with Gasteiger partial charge in [-0.2, -0.15) is 0 Å². The number of benzene rings is 1. The second-order valence-corrected chi connectivity index (χ2v) is 3.25. The fourth-order valence-electron chi connectivity index (χ4n) is 1.20. The molecule has 0 aromatic heterocycles.